The topological polar surface area (TPSA) is 55.8 Å². The van der Waals surface area contributed by atoms with Gasteiger partial charge in [-0.2, -0.15) is 0 Å². The Balaban J connectivity index is 2.58. The van der Waals surface area contributed by atoms with Gasteiger partial charge < -0.3 is 14.6 Å². The summed E-state index contributed by atoms with van der Waals surface area (Å²) in [5.41, 5.74) is 0. The van der Waals surface area contributed by atoms with Gasteiger partial charge in [-0.05, 0) is 24.5 Å². The molecular weight excluding hydrogens is 244 g/mol. The molecule has 0 saturated heterocycles. The Labute approximate surface area is 114 Å². The van der Waals surface area contributed by atoms with Crippen LogP contribution in [0.3, 0.4) is 0 Å². The third kappa shape index (κ3) is 5.64. The molecule has 1 rings (SSSR count). The van der Waals surface area contributed by atoms with Crippen molar-refractivity contribution in [2.45, 2.75) is 39.5 Å². The molecule has 0 amide bonds. The molecule has 0 aliphatic carbocycles. The van der Waals surface area contributed by atoms with E-state index in [4.69, 9.17) is 9.84 Å². The predicted molar refractivity (Wildman–Crippen MR) is 73.9 cm³/mol. The second-order valence-electron chi connectivity index (χ2n) is 4.54. The third-order valence-corrected chi connectivity index (χ3v) is 3.06. The standard InChI is InChI=1S/C15H22O4/c1-3-5-8-12(4-2)11-18-13-9-6-7-10-14(13)19-15(16)17/h6-7,9-10,12H,3-5,8,11H2,1-2H3,(H,16,17). The maximum absolute atomic E-state index is 10.6. The van der Waals surface area contributed by atoms with Crippen LogP contribution in [0.5, 0.6) is 11.5 Å². The van der Waals surface area contributed by atoms with E-state index in [-0.39, 0.29) is 5.75 Å². The van der Waals surface area contributed by atoms with Gasteiger partial charge in [0.25, 0.3) is 0 Å². The molecule has 1 aromatic carbocycles. The summed E-state index contributed by atoms with van der Waals surface area (Å²) < 4.78 is 10.4. The molecule has 0 aromatic heterocycles. The van der Waals surface area contributed by atoms with Gasteiger partial charge in [0.2, 0.25) is 0 Å². The van der Waals surface area contributed by atoms with E-state index in [2.05, 4.69) is 18.6 Å². The van der Waals surface area contributed by atoms with E-state index in [0.717, 1.165) is 12.8 Å². The fourth-order valence-electron chi connectivity index (χ4n) is 1.85. The quantitative estimate of drug-likeness (QED) is 0.561. The number of rotatable bonds is 8. The van der Waals surface area contributed by atoms with Crippen LogP contribution in [0.15, 0.2) is 24.3 Å². The summed E-state index contributed by atoms with van der Waals surface area (Å²) >= 11 is 0. The molecule has 4 nitrogen and oxygen atoms in total. The van der Waals surface area contributed by atoms with Crippen LogP contribution >= 0.6 is 0 Å². The zero-order valence-corrected chi connectivity index (χ0v) is 11.6. The maximum Gasteiger partial charge on any atom is 0.511 e. The van der Waals surface area contributed by atoms with Crippen LogP contribution in [-0.2, 0) is 0 Å². The van der Waals surface area contributed by atoms with Crippen LogP contribution in [0, 0.1) is 5.92 Å². The van der Waals surface area contributed by atoms with Crippen molar-refractivity contribution in [3.8, 4) is 11.5 Å². The number of hydrogen-bond donors (Lipinski definition) is 1. The Hall–Kier alpha value is -1.71. The summed E-state index contributed by atoms with van der Waals surface area (Å²) in [5, 5.41) is 8.65. The third-order valence-electron chi connectivity index (χ3n) is 3.06. The van der Waals surface area contributed by atoms with E-state index in [9.17, 15) is 4.79 Å². The summed E-state index contributed by atoms with van der Waals surface area (Å²) in [7, 11) is 0. The lowest BCUT2D eigenvalue weighted by Crippen LogP contribution is -2.12. The molecule has 4 heteroatoms. The molecule has 1 N–H and O–H groups in total. The van der Waals surface area contributed by atoms with Crippen LogP contribution in [0.1, 0.15) is 39.5 Å². The van der Waals surface area contributed by atoms with Crippen molar-refractivity contribution in [2.24, 2.45) is 5.92 Å². The molecule has 0 saturated carbocycles. The van der Waals surface area contributed by atoms with E-state index < -0.39 is 6.16 Å². The molecular formula is C15H22O4. The first-order chi connectivity index (χ1) is 9.17. The zero-order valence-electron chi connectivity index (χ0n) is 11.6. The van der Waals surface area contributed by atoms with Gasteiger partial charge in [0, 0.05) is 0 Å². The fourth-order valence-corrected chi connectivity index (χ4v) is 1.85. The van der Waals surface area contributed by atoms with Crippen LogP contribution < -0.4 is 9.47 Å². The molecule has 0 bridgehead atoms. The van der Waals surface area contributed by atoms with Crippen molar-refractivity contribution in [1.29, 1.82) is 0 Å². The maximum atomic E-state index is 10.6. The number of ether oxygens (including phenoxy) is 2. The highest BCUT2D eigenvalue weighted by molar-refractivity contribution is 5.62. The van der Waals surface area contributed by atoms with Gasteiger partial charge in [-0.3, -0.25) is 0 Å². The minimum absolute atomic E-state index is 0.250. The normalized spacial score (nSPS) is 11.9. The van der Waals surface area contributed by atoms with Crippen molar-refractivity contribution >= 4 is 6.16 Å². The van der Waals surface area contributed by atoms with Crippen molar-refractivity contribution in [2.75, 3.05) is 6.61 Å². The highest BCUT2D eigenvalue weighted by Crippen LogP contribution is 2.27. The van der Waals surface area contributed by atoms with Crippen molar-refractivity contribution < 1.29 is 19.4 Å². The number of carbonyl (C=O) groups is 1. The van der Waals surface area contributed by atoms with E-state index >= 15 is 0 Å². The molecule has 1 aromatic rings. The van der Waals surface area contributed by atoms with E-state index in [1.54, 1.807) is 24.3 Å². The Bertz CT molecular complexity index is 389. The molecule has 0 fully saturated rings. The van der Waals surface area contributed by atoms with Crippen LogP contribution in [0.25, 0.3) is 0 Å². The molecule has 0 aliphatic rings. The molecule has 1 unspecified atom stereocenters. The number of para-hydroxylation sites is 2. The first kappa shape index (κ1) is 15.3. The molecule has 106 valence electrons. The Morgan fingerprint density at radius 1 is 1.26 bits per heavy atom. The SMILES string of the molecule is CCCCC(CC)COc1ccccc1OC(=O)O. The smallest absolute Gasteiger partial charge is 0.489 e. The van der Waals surface area contributed by atoms with E-state index in [1.165, 1.54) is 12.8 Å². The Kier molecular flexibility index (Phi) is 6.79. The van der Waals surface area contributed by atoms with Gasteiger partial charge in [0.15, 0.2) is 11.5 Å². The second-order valence-corrected chi connectivity index (χ2v) is 4.54. The van der Waals surface area contributed by atoms with Gasteiger partial charge in [-0.25, -0.2) is 4.79 Å². The summed E-state index contributed by atoms with van der Waals surface area (Å²) in [4.78, 5) is 10.6. The minimum Gasteiger partial charge on any atom is -0.489 e. The summed E-state index contributed by atoms with van der Waals surface area (Å²) in [6, 6.07) is 6.85. The zero-order chi connectivity index (χ0) is 14.1. The first-order valence-corrected chi connectivity index (χ1v) is 6.80. The number of hydrogen-bond acceptors (Lipinski definition) is 3. The van der Waals surface area contributed by atoms with Crippen LogP contribution in [0.4, 0.5) is 4.79 Å². The highest BCUT2D eigenvalue weighted by Gasteiger charge is 2.11. The van der Waals surface area contributed by atoms with Gasteiger partial charge in [0.05, 0.1) is 6.61 Å². The molecule has 0 aliphatic heterocycles. The Morgan fingerprint density at radius 3 is 2.53 bits per heavy atom. The highest BCUT2D eigenvalue weighted by atomic mass is 16.7. The summed E-state index contributed by atoms with van der Waals surface area (Å²) in [6.07, 6.45) is 3.23. The largest absolute Gasteiger partial charge is 0.511 e. The predicted octanol–water partition coefficient (Wildman–Crippen LogP) is 4.34. The average molecular weight is 266 g/mol. The van der Waals surface area contributed by atoms with E-state index in [0.29, 0.717) is 18.3 Å². The molecule has 0 spiro atoms. The lowest BCUT2D eigenvalue weighted by atomic mass is 10.0. The molecule has 19 heavy (non-hydrogen) atoms. The molecule has 0 radical (unpaired) electrons. The van der Waals surface area contributed by atoms with E-state index in [1.807, 2.05) is 0 Å². The monoisotopic (exact) mass is 266 g/mol. The van der Waals surface area contributed by atoms with Crippen molar-refractivity contribution in [1.82, 2.24) is 0 Å². The van der Waals surface area contributed by atoms with Crippen molar-refractivity contribution in [3.05, 3.63) is 24.3 Å². The van der Waals surface area contributed by atoms with Crippen molar-refractivity contribution in [3.63, 3.8) is 0 Å². The summed E-state index contributed by atoms with van der Waals surface area (Å²) in [6.45, 7) is 4.91. The van der Waals surface area contributed by atoms with Gasteiger partial charge in [0.1, 0.15) is 0 Å². The van der Waals surface area contributed by atoms with Crippen LogP contribution in [0.2, 0.25) is 0 Å². The lowest BCUT2D eigenvalue weighted by Gasteiger charge is -2.16. The summed E-state index contributed by atoms with van der Waals surface area (Å²) in [5.74, 6) is 1.23. The number of unbranched alkanes of at least 4 members (excludes halogenated alkanes) is 1. The number of benzene rings is 1. The molecule has 0 heterocycles. The number of carboxylic acid groups (broad SMARTS) is 1. The Morgan fingerprint density at radius 2 is 1.95 bits per heavy atom. The second kappa shape index (κ2) is 8.40. The lowest BCUT2D eigenvalue weighted by molar-refractivity contribution is 0.141. The van der Waals surface area contributed by atoms with Crippen LogP contribution in [-0.4, -0.2) is 17.9 Å². The van der Waals surface area contributed by atoms with Gasteiger partial charge in [-0.15, -0.1) is 0 Å². The van der Waals surface area contributed by atoms with Gasteiger partial charge in [-0.1, -0.05) is 45.2 Å². The first-order valence-electron chi connectivity index (χ1n) is 6.80. The minimum atomic E-state index is -1.32. The molecule has 1 atom stereocenters. The average Bonchev–Trinajstić information content (AvgIpc) is 2.40. The fraction of sp³-hybridized carbons (Fsp3) is 0.533. The van der Waals surface area contributed by atoms with Gasteiger partial charge >= 0.3 is 6.16 Å².